The zero-order chi connectivity index (χ0) is 14.0. The number of carbonyl (C=O) groups is 2. The molecule has 1 saturated heterocycles. The Morgan fingerprint density at radius 2 is 2.21 bits per heavy atom. The number of hydrogen-bond acceptors (Lipinski definition) is 3. The van der Waals surface area contributed by atoms with E-state index in [9.17, 15) is 9.59 Å². The molecule has 0 aliphatic carbocycles. The van der Waals surface area contributed by atoms with Gasteiger partial charge < -0.3 is 10.0 Å². The van der Waals surface area contributed by atoms with Crippen LogP contribution in [0, 0.1) is 17.2 Å². The molecule has 1 aromatic carbocycles. The molecule has 1 N–H and O–H groups in total. The van der Waals surface area contributed by atoms with Crippen LogP contribution in [0.1, 0.15) is 5.56 Å². The number of aliphatic carboxylic acids is 1. The number of carboxylic acid groups (broad SMARTS) is 1. The molecule has 2 rings (SSSR count). The molecule has 1 unspecified atom stereocenters. The molecule has 6 nitrogen and oxygen atoms in total. The van der Waals surface area contributed by atoms with Crippen molar-refractivity contribution in [2.24, 2.45) is 5.92 Å². The first-order valence-corrected chi connectivity index (χ1v) is 5.78. The van der Waals surface area contributed by atoms with E-state index in [1.54, 1.807) is 31.3 Å². The van der Waals surface area contributed by atoms with Crippen LogP contribution in [0.5, 0.6) is 0 Å². The fourth-order valence-electron chi connectivity index (χ4n) is 2.09. The SMILES string of the molecule is CN1CC(C(=O)O)CN(c2cccc(C#N)c2)C1=O. The summed E-state index contributed by atoms with van der Waals surface area (Å²) in [5, 5.41) is 18.0. The van der Waals surface area contributed by atoms with E-state index >= 15 is 0 Å². The standard InChI is InChI=1S/C13H13N3O3/c1-15-7-10(12(17)18)8-16(13(15)19)11-4-2-3-9(5-11)6-14/h2-5,10H,7-8H2,1H3,(H,17,18). The molecule has 2 amide bonds. The number of urea groups is 1. The van der Waals surface area contributed by atoms with Gasteiger partial charge in [0.25, 0.3) is 0 Å². The number of benzene rings is 1. The summed E-state index contributed by atoms with van der Waals surface area (Å²) >= 11 is 0. The van der Waals surface area contributed by atoms with E-state index in [-0.39, 0.29) is 19.1 Å². The van der Waals surface area contributed by atoms with Gasteiger partial charge in [0.1, 0.15) is 0 Å². The Labute approximate surface area is 110 Å². The number of amides is 2. The van der Waals surface area contributed by atoms with E-state index < -0.39 is 11.9 Å². The first-order valence-electron chi connectivity index (χ1n) is 5.78. The highest BCUT2D eigenvalue weighted by Crippen LogP contribution is 2.22. The van der Waals surface area contributed by atoms with Gasteiger partial charge >= 0.3 is 12.0 Å². The maximum atomic E-state index is 12.1. The lowest BCUT2D eigenvalue weighted by atomic mass is 10.1. The van der Waals surface area contributed by atoms with Crippen molar-refractivity contribution < 1.29 is 14.7 Å². The summed E-state index contributed by atoms with van der Waals surface area (Å²) in [6.07, 6.45) is 0. The van der Waals surface area contributed by atoms with Gasteiger partial charge in [0.15, 0.2) is 0 Å². The van der Waals surface area contributed by atoms with Gasteiger partial charge in [-0.25, -0.2) is 4.79 Å². The third-order valence-electron chi connectivity index (χ3n) is 3.09. The van der Waals surface area contributed by atoms with E-state index in [1.165, 1.54) is 9.80 Å². The van der Waals surface area contributed by atoms with E-state index in [4.69, 9.17) is 10.4 Å². The van der Waals surface area contributed by atoms with Gasteiger partial charge in [-0.05, 0) is 18.2 Å². The summed E-state index contributed by atoms with van der Waals surface area (Å²) in [6.45, 7) is 0.315. The fraction of sp³-hybridized carbons (Fsp3) is 0.308. The zero-order valence-corrected chi connectivity index (χ0v) is 10.4. The molecule has 0 saturated carbocycles. The Hall–Kier alpha value is -2.55. The lowest BCUT2D eigenvalue weighted by Gasteiger charge is -2.36. The minimum absolute atomic E-state index is 0.118. The van der Waals surface area contributed by atoms with Crippen LogP contribution in [-0.4, -0.2) is 42.1 Å². The van der Waals surface area contributed by atoms with Crippen molar-refractivity contribution in [3.05, 3.63) is 29.8 Å². The fourth-order valence-corrected chi connectivity index (χ4v) is 2.09. The summed E-state index contributed by atoms with van der Waals surface area (Å²) in [5.41, 5.74) is 0.979. The Balaban J connectivity index is 2.33. The second kappa shape index (κ2) is 4.98. The summed E-state index contributed by atoms with van der Waals surface area (Å²) in [4.78, 5) is 25.9. The topological polar surface area (TPSA) is 84.6 Å². The lowest BCUT2D eigenvalue weighted by molar-refractivity contribution is -0.141. The predicted octanol–water partition coefficient (Wildman–Crippen LogP) is 1.13. The molecule has 1 aromatic rings. The Morgan fingerprint density at radius 3 is 2.84 bits per heavy atom. The normalized spacial score (nSPS) is 19.2. The number of nitrogens with zero attached hydrogens (tertiary/aromatic N) is 3. The molecule has 1 aliphatic heterocycles. The average Bonchev–Trinajstić information content (AvgIpc) is 2.41. The Bertz CT molecular complexity index is 564. The van der Waals surface area contributed by atoms with Crippen LogP contribution in [0.3, 0.4) is 0 Å². The van der Waals surface area contributed by atoms with Crippen LogP contribution >= 0.6 is 0 Å². The maximum absolute atomic E-state index is 12.1. The van der Waals surface area contributed by atoms with Gasteiger partial charge in [0, 0.05) is 25.8 Å². The number of rotatable bonds is 2. The minimum Gasteiger partial charge on any atom is -0.481 e. The molecule has 0 bridgehead atoms. The van der Waals surface area contributed by atoms with Crippen LogP contribution in [0.25, 0.3) is 0 Å². The third kappa shape index (κ3) is 2.50. The van der Waals surface area contributed by atoms with Crippen molar-refractivity contribution in [3.63, 3.8) is 0 Å². The van der Waals surface area contributed by atoms with Crippen LogP contribution in [0.4, 0.5) is 10.5 Å². The van der Waals surface area contributed by atoms with E-state index in [0.717, 1.165) is 0 Å². The highest BCUT2D eigenvalue weighted by molar-refractivity contribution is 5.94. The molecule has 98 valence electrons. The van der Waals surface area contributed by atoms with Gasteiger partial charge in [-0.3, -0.25) is 9.69 Å². The van der Waals surface area contributed by atoms with Crippen LogP contribution in [0.15, 0.2) is 24.3 Å². The maximum Gasteiger partial charge on any atom is 0.324 e. The van der Waals surface area contributed by atoms with E-state index in [2.05, 4.69) is 0 Å². The lowest BCUT2D eigenvalue weighted by Crippen LogP contribution is -2.54. The quantitative estimate of drug-likeness (QED) is 0.862. The monoisotopic (exact) mass is 259 g/mol. The number of hydrogen-bond donors (Lipinski definition) is 1. The van der Waals surface area contributed by atoms with E-state index in [1.807, 2.05) is 6.07 Å². The van der Waals surface area contributed by atoms with Crippen LogP contribution in [0.2, 0.25) is 0 Å². The molecule has 1 fully saturated rings. The number of nitriles is 1. The van der Waals surface area contributed by atoms with Crippen molar-refractivity contribution in [2.45, 2.75) is 0 Å². The first-order chi connectivity index (χ1) is 9.02. The van der Waals surface area contributed by atoms with Crippen molar-refractivity contribution in [1.29, 1.82) is 5.26 Å². The zero-order valence-electron chi connectivity index (χ0n) is 10.4. The van der Waals surface area contributed by atoms with Gasteiger partial charge in [-0.1, -0.05) is 6.07 Å². The molecule has 0 spiro atoms. The van der Waals surface area contributed by atoms with Crippen molar-refractivity contribution >= 4 is 17.7 Å². The average molecular weight is 259 g/mol. The molecule has 19 heavy (non-hydrogen) atoms. The van der Waals surface area contributed by atoms with Gasteiger partial charge in [-0.2, -0.15) is 5.26 Å². The number of anilines is 1. The van der Waals surface area contributed by atoms with Crippen LogP contribution < -0.4 is 4.90 Å². The van der Waals surface area contributed by atoms with Crippen molar-refractivity contribution in [2.75, 3.05) is 25.0 Å². The van der Waals surface area contributed by atoms with Crippen molar-refractivity contribution in [3.8, 4) is 6.07 Å². The molecule has 0 radical (unpaired) electrons. The van der Waals surface area contributed by atoms with Gasteiger partial charge in [0.2, 0.25) is 0 Å². The summed E-state index contributed by atoms with van der Waals surface area (Å²) in [7, 11) is 1.57. The first kappa shape index (κ1) is 12.9. The highest BCUT2D eigenvalue weighted by atomic mass is 16.4. The Kier molecular flexibility index (Phi) is 3.38. The Morgan fingerprint density at radius 1 is 1.47 bits per heavy atom. The molecule has 1 heterocycles. The minimum atomic E-state index is -0.930. The van der Waals surface area contributed by atoms with Gasteiger partial charge in [0.05, 0.1) is 17.6 Å². The second-order valence-electron chi connectivity index (χ2n) is 4.47. The molecule has 6 heteroatoms. The molecular formula is C13H13N3O3. The smallest absolute Gasteiger partial charge is 0.324 e. The molecule has 0 aromatic heterocycles. The molecule has 1 atom stereocenters. The van der Waals surface area contributed by atoms with E-state index in [0.29, 0.717) is 11.3 Å². The largest absolute Gasteiger partial charge is 0.481 e. The van der Waals surface area contributed by atoms with Crippen molar-refractivity contribution in [1.82, 2.24) is 4.90 Å². The summed E-state index contributed by atoms with van der Waals surface area (Å²) in [6, 6.07) is 8.32. The summed E-state index contributed by atoms with van der Waals surface area (Å²) in [5.74, 6) is -1.56. The van der Waals surface area contributed by atoms with Gasteiger partial charge in [-0.15, -0.1) is 0 Å². The summed E-state index contributed by atoms with van der Waals surface area (Å²) < 4.78 is 0. The third-order valence-corrected chi connectivity index (χ3v) is 3.09. The molecule has 1 aliphatic rings. The molecular weight excluding hydrogens is 246 g/mol. The number of carboxylic acids is 1. The predicted molar refractivity (Wildman–Crippen MR) is 67.7 cm³/mol. The highest BCUT2D eigenvalue weighted by Gasteiger charge is 2.34. The second-order valence-corrected chi connectivity index (χ2v) is 4.47. The van der Waals surface area contributed by atoms with Crippen LogP contribution in [-0.2, 0) is 4.79 Å². The number of carbonyl (C=O) groups excluding carboxylic acids is 1.